The number of aromatic amines is 1. The van der Waals surface area contributed by atoms with Crippen molar-refractivity contribution in [3.63, 3.8) is 0 Å². The van der Waals surface area contributed by atoms with Crippen molar-refractivity contribution in [2.45, 2.75) is 18.1 Å². The number of hydrogen-bond acceptors (Lipinski definition) is 5. The van der Waals surface area contributed by atoms with E-state index in [1.54, 1.807) is 0 Å². The highest BCUT2D eigenvalue weighted by atomic mass is 32.2. The first-order valence-electron chi connectivity index (χ1n) is 7.55. The Bertz CT molecular complexity index is 786. The average Bonchev–Trinajstić information content (AvgIpc) is 3.17. The fourth-order valence-electron chi connectivity index (χ4n) is 2.41. The number of urea groups is 1. The molecule has 126 valence electrons. The lowest BCUT2D eigenvalue weighted by atomic mass is 10.1. The van der Waals surface area contributed by atoms with Gasteiger partial charge in [0, 0.05) is 19.6 Å². The largest absolute Gasteiger partial charge is 0.343 e. The molecule has 1 aliphatic rings. The quantitative estimate of drug-likeness (QED) is 0.740. The highest BCUT2D eigenvalue weighted by Crippen LogP contribution is 2.15. The molecule has 24 heavy (non-hydrogen) atoms. The van der Waals surface area contributed by atoms with Crippen LogP contribution in [0.1, 0.15) is 5.56 Å². The molecule has 1 aromatic heterocycles. The highest BCUT2D eigenvalue weighted by molar-refractivity contribution is 7.99. The van der Waals surface area contributed by atoms with Crippen LogP contribution >= 0.6 is 11.8 Å². The van der Waals surface area contributed by atoms with Crippen LogP contribution in [0, 0.1) is 0 Å². The Hall–Kier alpha value is -2.55. The number of imide groups is 1. The number of H-pyrrole nitrogens is 1. The smallest absolute Gasteiger partial charge is 0.336 e. The summed E-state index contributed by atoms with van der Waals surface area (Å²) < 4.78 is 1.51. The van der Waals surface area contributed by atoms with E-state index in [4.69, 9.17) is 0 Å². The summed E-state index contributed by atoms with van der Waals surface area (Å²) in [6.45, 7) is 1.32. The van der Waals surface area contributed by atoms with E-state index >= 15 is 0 Å². The molecule has 1 fully saturated rings. The van der Waals surface area contributed by atoms with Gasteiger partial charge in [0.1, 0.15) is 0 Å². The topological polar surface area (TPSA) is 100 Å². The van der Waals surface area contributed by atoms with E-state index in [1.165, 1.54) is 9.47 Å². The van der Waals surface area contributed by atoms with Crippen LogP contribution in [-0.2, 0) is 17.8 Å². The monoisotopic (exact) mass is 347 g/mol. The summed E-state index contributed by atoms with van der Waals surface area (Å²) in [6.07, 6.45) is 0.691. The molecule has 0 atom stereocenters. The first-order valence-corrected chi connectivity index (χ1v) is 8.54. The van der Waals surface area contributed by atoms with Crippen molar-refractivity contribution in [3.8, 4) is 0 Å². The van der Waals surface area contributed by atoms with Crippen LogP contribution in [0.4, 0.5) is 4.79 Å². The number of aryl methyl sites for hydroxylation is 1. The summed E-state index contributed by atoms with van der Waals surface area (Å²) in [7, 11) is 0. The molecule has 0 unspecified atom stereocenters. The molecule has 0 radical (unpaired) electrons. The SMILES string of the molecule is O=C(CSc1n[nH]c(=O)n1CCc1ccccc1)N1CCNC1=O. The van der Waals surface area contributed by atoms with Crippen LogP contribution in [0.2, 0.25) is 0 Å². The maximum Gasteiger partial charge on any atom is 0.343 e. The average molecular weight is 347 g/mol. The zero-order valence-corrected chi connectivity index (χ0v) is 13.7. The summed E-state index contributed by atoms with van der Waals surface area (Å²) in [5, 5.41) is 9.40. The lowest BCUT2D eigenvalue weighted by Crippen LogP contribution is -2.35. The number of nitrogens with zero attached hydrogens (tertiary/aromatic N) is 3. The van der Waals surface area contributed by atoms with E-state index in [-0.39, 0.29) is 23.4 Å². The Morgan fingerprint density at radius 1 is 1.25 bits per heavy atom. The Balaban J connectivity index is 1.61. The van der Waals surface area contributed by atoms with Crippen molar-refractivity contribution in [1.29, 1.82) is 0 Å². The zero-order valence-electron chi connectivity index (χ0n) is 12.9. The molecule has 3 rings (SSSR count). The van der Waals surface area contributed by atoms with Crippen molar-refractivity contribution < 1.29 is 9.59 Å². The number of carbonyl (C=O) groups excluding carboxylic acids is 2. The second-order valence-electron chi connectivity index (χ2n) is 5.26. The third-order valence-corrected chi connectivity index (χ3v) is 4.63. The predicted molar refractivity (Wildman–Crippen MR) is 88.8 cm³/mol. The van der Waals surface area contributed by atoms with Gasteiger partial charge in [-0.25, -0.2) is 14.7 Å². The summed E-state index contributed by atoms with van der Waals surface area (Å²) in [5.41, 5.74) is 0.811. The molecule has 2 N–H and O–H groups in total. The molecule has 0 saturated carbocycles. The highest BCUT2D eigenvalue weighted by Gasteiger charge is 2.26. The first kappa shape index (κ1) is 16.3. The molecule has 0 spiro atoms. The molecule has 0 aliphatic carbocycles. The Labute approximate surface area is 142 Å². The van der Waals surface area contributed by atoms with Crippen LogP contribution in [0.15, 0.2) is 40.3 Å². The first-order chi connectivity index (χ1) is 11.6. The van der Waals surface area contributed by atoms with Crippen LogP contribution in [0.25, 0.3) is 0 Å². The van der Waals surface area contributed by atoms with Crippen LogP contribution in [-0.4, -0.2) is 50.4 Å². The molecule has 9 heteroatoms. The number of nitrogens with one attached hydrogen (secondary N) is 2. The Morgan fingerprint density at radius 2 is 2.04 bits per heavy atom. The maximum absolute atomic E-state index is 12.0. The molecular formula is C15H17N5O3S. The summed E-state index contributed by atoms with van der Waals surface area (Å²) in [5.74, 6) is -0.233. The normalized spacial score (nSPS) is 14.0. The van der Waals surface area contributed by atoms with E-state index in [2.05, 4.69) is 15.5 Å². The molecule has 1 saturated heterocycles. The standard InChI is InChI=1S/C15H17N5O3S/c21-12(19-9-7-16-13(19)22)10-24-15-18-17-14(23)20(15)8-6-11-4-2-1-3-5-11/h1-5H,6-10H2,(H,16,22)(H,17,23). The molecular weight excluding hydrogens is 330 g/mol. The molecule has 8 nitrogen and oxygen atoms in total. The second-order valence-corrected chi connectivity index (χ2v) is 6.21. The Morgan fingerprint density at radius 3 is 2.75 bits per heavy atom. The molecule has 2 heterocycles. The van der Waals surface area contributed by atoms with Crippen LogP contribution < -0.4 is 11.0 Å². The van der Waals surface area contributed by atoms with Gasteiger partial charge in [-0.15, -0.1) is 5.10 Å². The number of thioether (sulfide) groups is 1. The minimum absolute atomic E-state index is 0.0586. The van der Waals surface area contributed by atoms with Crippen LogP contribution in [0.3, 0.4) is 0 Å². The van der Waals surface area contributed by atoms with E-state index < -0.39 is 0 Å². The summed E-state index contributed by atoms with van der Waals surface area (Å²) >= 11 is 1.15. The number of carbonyl (C=O) groups is 2. The van der Waals surface area contributed by atoms with Crippen molar-refractivity contribution >= 4 is 23.7 Å². The van der Waals surface area contributed by atoms with Gasteiger partial charge in [0.2, 0.25) is 5.91 Å². The number of rotatable bonds is 6. The van der Waals surface area contributed by atoms with Gasteiger partial charge in [0.25, 0.3) is 0 Å². The van der Waals surface area contributed by atoms with E-state index in [0.29, 0.717) is 31.2 Å². The van der Waals surface area contributed by atoms with Crippen LogP contribution in [0.5, 0.6) is 0 Å². The van der Waals surface area contributed by atoms with Gasteiger partial charge in [-0.2, -0.15) is 0 Å². The molecule has 0 bridgehead atoms. The maximum atomic E-state index is 12.0. The molecule has 3 amide bonds. The number of benzene rings is 1. The lowest BCUT2D eigenvalue weighted by molar-refractivity contribution is -0.124. The zero-order chi connectivity index (χ0) is 16.9. The van der Waals surface area contributed by atoms with E-state index in [0.717, 1.165) is 17.3 Å². The molecule has 1 aliphatic heterocycles. The van der Waals surface area contributed by atoms with Gasteiger partial charge in [-0.1, -0.05) is 42.1 Å². The van der Waals surface area contributed by atoms with Gasteiger partial charge in [0.05, 0.1) is 5.75 Å². The third kappa shape index (κ3) is 3.67. The van der Waals surface area contributed by atoms with Crippen molar-refractivity contribution in [2.24, 2.45) is 0 Å². The van der Waals surface area contributed by atoms with Crippen molar-refractivity contribution in [2.75, 3.05) is 18.8 Å². The minimum atomic E-state index is -0.371. The second kappa shape index (κ2) is 7.35. The number of amides is 3. The minimum Gasteiger partial charge on any atom is -0.336 e. The predicted octanol–water partition coefficient (Wildman–Crippen LogP) is 0.458. The summed E-state index contributed by atoms with van der Waals surface area (Å²) in [4.78, 5) is 36.6. The van der Waals surface area contributed by atoms with Gasteiger partial charge >= 0.3 is 11.7 Å². The van der Waals surface area contributed by atoms with Gasteiger partial charge in [0.15, 0.2) is 5.16 Å². The third-order valence-electron chi connectivity index (χ3n) is 3.67. The Kier molecular flexibility index (Phi) is 4.99. The molecule has 1 aromatic carbocycles. The lowest BCUT2D eigenvalue weighted by Gasteiger charge is -2.11. The van der Waals surface area contributed by atoms with E-state index in [9.17, 15) is 14.4 Å². The van der Waals surface area contributed by atoms with Crippen molar-refractivity contribution in [1.82, 2.24) is 25.0 Å². The van der Waals surface area contributed by atoms with Crippen molar-refractivity contribution in [3.05, 3.63) is 46.4 Å². The van der Waals surface area contributed by atoms with Gasteiger partial charge < -0.3 is 5.32 Å². The van der Waals surface area contributed by atoms with Gasteiger partial charge in [-0.05, 0) is 12.0 Å². The fraction of sp³-hybridized carbons (Fsp3) is 0.333. The number of hydrogen-bond donors (Lipinski definition) is 2. The summed E-state index contributed by atoms with van der Waals surface area (Å²) in [6, 6.07) is 9.45. The fourth-order valence-corrected chi connectivity index (χ4v) is 3.26. The van der Waals surface area contributed by atoms with E-state index in [1.807, 2.05) is 30.3 Å². The van der Waals surface area contributed by atoms with Gasteiger partial charge in [-0.3, -0.25) is 14.3 Å². The number of aromatic nitrogens is 3. The molecule has 2 aromatic rings.